The number of esters is 1. The number of hydrogen-bond acceptors (Lipinski definition) is 5. The lowest BCUT2D eigenvalue weighted by Crippen LogP contribution is -2.22. The van der Waals surface area contributed by atoms with E-state index in [2.05, 4.69) is 10.3 Å². The molecule has 0 saturated carbocycles. The fourth-order valence-corrected chi connectivity index (χ4v) is 3.16. The number of aromatic nitrogens is 2. The Hall–Kier alpha value is -3.55. The molecular formula is C20H16FN3O4. The quantitative estimate of drug-likeness (QED) is 0.700. The third-order valence-corrected chi connectivity index (χ3v) is 4.51. The molecule has 7 nitrogen and oxygen atoms in total. The van der Waals surface area contributed by atoms with Gasteiger partial charge < -0.3 is 10.1 Å². The summed E-state index contributed by atoms with van der Waals surface area (Å²) in [4.78, 5) is 41.0. The van der Waals surface area contributed by atoms with Crippen molar-refractivity contribution in [1.82, 2.24) is 9.55 Å². The van der Waals surface area contributed by atoms with Crippen LogP contribution in [0.25, 0.3) is 10.9 Å². The van der Waals surface area contributed by atoms with Crippen LogP contribution < -0.4 is 10.9 Å². The second-order valence-corrected chi connectivity index (χ2v) is 6.45. The Kier molecular flexibility index (Phi) is 4.60. The number of nitrogens with zero attached hydrogens (tertiary/aromatic N) is 2. The predicted molar refractivity (Wildman–Crippen MR) is 99.6 cm³/mol. The number of fused-ring (bicyclic) bond motifs is 2. The number of ether oxygens (including phenoxy) is 1. The molecule has 1 N–H and O–H groups in total. The minimum atomic E-state index is -0.696. The number of nitrogens with one attached hydrogen (secondary N) is 1. The van der Waals surface area contributed by atoms with Crippen molar-refractivity contribution in [1.29, 1.82) is 0 Å². The number of benzene rings is 2. The summed E-state index contributed by atoms with van der Waals surface area (Å²) >= 11 is 0. The summed E-state index contributed by atoms with van der Waals surface area (Å²) in [7, 11) is 0. The first kappa shape index (κ1) is 17.8. The first-order valence-electron chi connectivity index (χ1n) is 8.77. The SMILES string of the molecule is O=C(COC(=O)c1ccc2c(=O)n3c(nc2c1)CCC3)Nc1ccc(F)cc1. The van der Waals surface area contributed by atoms with E-state index in [9.17, 15) is 18.8 Å². The van der Waals surface area contributed by atoms with Crippen LogP contribution in [0, 0.1) is 5.82 Å². The van der Waals surface area contributed by atoms with Gasteiger partial charge in [0.05, 0.1) is 16.5 Å². The Balaban J connectivity index is 1.45. The summed E-state index contributed by atoms with van der Waals surface area (Å²) in [5.41, 5.74) is 0.920. The molecule has 0 radical (unpaired) electrons. The van der Waals surface area contributed by atoms with Gasteiger partial charge in [-0.15, -0.1) is 0 Å². The van der Waals surface area contributed by atoms with Gasteiger partial charge in [0.15, 0.2) is 6.61 Å². The summed E-state index contributed by atoms with van der Waals surface area (Å²) in [6.45, 7) is 0.165. The predicted octanol–water partition coefficient (Wildman–Crippen LogP) is 2.28. The lowest BCUT2D eigenvalue weighted by molar-refractivity contribution is -0.119. The van der Waals surface area contributed by atoms with E-state index < -0.39 is 24.3 Å². The van der Waals surface area contributed by atoms with Gasteiger partial charge in [0.2, 0.25) is 0 Å². The molecule has 0 fully saturated rings. The third-order valence-electron chi connectivity index (χ3n) is 4.51. The van der Waals surface area contributed by atoms with Crippen LogP contribution in [0.3, 0.4) is 0 Å². The second kappa shape index (κ2) is 7.22. The normalized spacial score (nSPS) is 12.6. The molecule has 1 aromatic heterocycles. The smallest absolute Gasteiger partial charge is 0.338 e. The summed E-state index contributed by atoms with van der Waals surface area (Å²) in [6, 6.07) is 9.75. The Labute approximate surface area is 158 Å². The van der Waals surface area contributed by atoms with E-state index in [0.717, 1.165) is 12.8 Å². The van der Waals surface area contributed by atoms with Gasteiger partial charge in [-0.2, -0.15) is 0 Å². The van der Waals surface area contributed by atoms with Crippen LogP contribution in [0.4, 0.5) is 10.1 Å². The van der Waals surface area contributed by atoms with Gasteiger partial charge >= 0.3 is 5.97 Å². The number of carbonyl (C=O) groups excluding carboxylic acids is 2. The molecule has 0 bridgehead atoms. The molecule has 2 aromatic carbocycles. The average Bonchev–Trinajstić information content (AvgIpc) is 3.16. The lowest BCUT2D eigenvalue weighted by Gasteiger charge is -2.08. The molecule has 142 valence electrons. The maximum Gasteiger partial charge on any atom is 0.338 e. The maximum atomic E-state index is 12.9. The molecule has 0 spiro atoms. The van der Waals surface area contributed by atoms with Gasteiger partial charge in [0.25, 0.3) is 11.5 Å². The van der Waals surface area contributed by atoms with Gasteiger partial charge in [0, 0.05) is 18.7 Å². The van der Waals surface area contributed by atoms with E-state index in [-0.39, 0.29) is 11.1 Å². The lowest BCUT2D eigenvalue weighted by atomic mass is 10.1. The number of anilines is 1. The third kappa shape index (κ3) is 3.48. The van der Waals surface area contributed by atoms with Crippen LogP contribution in [0.1, 0.15) is 22.6 Å². The van der Waals surface area contributed by atoms with Crippen molar-refractivity contribution in [2.75, 3.05) is 11.9 Å². The highest BCUT2D eigenvalue weighted by atomic mass is 19.1. The molecule has 1 aliphatic heterocycles. The zero-order valence-electron chi connectivity index (χ0n) is 14.8. The topological polar surface area (TPSA) is 90.3 Å². The molecule has 2 heterocycles. The molecular weight excluding hydrogens is 365 g/mol. The zero-order valence-corrected chi connectivity index (χ0v) is 14.8. The molecule has 4 rings (SSSR count). The maximum absolute atomic E-state index is 12.9. The highest BCUT2D eigenvalue weighted by Gasteiger charge is 2.18. The Bertz CT molecular complexity index is 1140. The highest BCUT2D eigenvalue weighted by Crippen LogP contribution is 2.17. The van der Waals surface area contributed by atoms with Gasteiger partial charge in [0.1, 0.15) is 11.6 Å². The first-order chi connectivity index (χ1) is 13.5. The van der Waals surface area contributed by atoms with Crippen molar-refractivity contribution in [3.8, 4) is 0 Å². The fourth-order valence-electron chi connectivity index (χ4n) is 3.16. The molecule has 1 amide bonds. The molecule has 1 aliphatic rings. The van der Waals surface area contributed by atoms with Crippen molar-refractivity contribution in [2.45, 2.75) is 19.4 Å². The zero-order chi connectivity index (χ0) is 19.7. The van der Waals surface area contributed by atoms with Crippen molar-refractivity contribution in [3.05, 3.63) is 70.0 Å². The van der Waals surface area contributed by atoms with Crippen LogP contribution in [0.5, 0.6) is 0 Å². The monoisotopic (exact) mass is 381 g/mol. The minimum absolute atomic E-state index is 0.115. The molecule has 0 saturated heterocycles. The largest absolute Gasteiger partial charge is 0.452 e. The second-order valence-electron chi connectivity index (χ2n) is 6.45. The fraction of sp³-hybridized carbons (Fsp3) is 0.200. The van der Waals surface area contributed by atoms with Crippen molar-refractivity contribution in [2.24, 2.45) is 0 Å². The Morgan fingerprint density at radius 3 is 2.75 bits per heavy atom. The Morgan fingerprint density at radius 1 is 1.18 bits per heavy atom. The van der Waals surface area contributed by atoms with Gasteiger partial charge in [-0.25, -0.2) is 14.2 Å². The van der Waals surface area contributed by atoms with Gasteiger partial charge in [-0.05, 0) is 48.9 Å². The summed E-state index contributed by atoms with van der Waals surface area (Å²) in [5.74, 6) is -0.949. The number of carbonyl (C=O) groups is 2. The van der Waals surface area contributed by atoms with Gasteiger partial charge in [-0.1, -0.05) is 0 Å². The number of halogens is 1. The van der Waals surface area contributed by atoms with Crippen molar-refractivity contribution in [3.63, 3.8) is 0 Å². The molecule has 8 heteroatoms. The highest BCUT2D eigenvalue weighted by molar-refractivity contribution is 5.97. The number of rotatable bonds is 4. The number of aryl methyl sites for hydroxylation is 1. The van der Waals surface area contributed by atoms with E-state index in [1.54, 1.807) is 10.6 Å². The van der Waals surface area contributed by atoms with Crippen LogP contribution in [-0.2, 0) is 22.5 Å². The van der Waals surface area contributed by atoms with Crippen molar-refractivity contribution < 1.29 is 18.7 Å². The van der Waals surface area contributed by atoms with Crippen LogP contribution in [-0.4, -0.2) is 28.0 Å². The molecule has 0 aliphatic carbocycles. The molecule has 0 unspecified atom stereocenters. The van der Waals surface area contributed by atoms with E-state index >= 15 is 0 Å². The Morgan fingerprint density at radius 2 is 1.96 bits per heavy atom. The molecule has 0 atom stereocenters. The molecule has 28 heavy (non-hydrogen) atoms. The summed E-state index contributed by atoms with van der Waals surface area (Å²) in [6.07, 6.45) is 1.60. The number of amides is 1. The van der Waals surface area contributed by atoms with Crippen LogP contribution in [0.15, 0.2) is 47.3 Å². The van der Waals surface area contributed by atoms with E-state index in [1.807, 2.05) is 0 Å². The first-order valence-corrected chi connectivity index (χ1v) is 8.77. The number of hydrogen-bond donors (Lipinski definition) is 1. The van der Waals surface area contributed by atoms with E-state index in [4.69, 9.17) is 4.74 Å². The van der Waals surface area contributed by atoms with E-state index in [1.165, 1.54) is 36.4 Å². The summed E-state index contributed by atoms with van der Waals surface area (Å²) in [5, 5.41) is 2.94. The average molecular weight is 381 g/mol. The van der Waals surface area contributed by atoms with E-state index in [0.29, 0.717) is 29.0 Å². The standard InChI is InChI=1S/C20H16FN3O4/c21-13-4-6-14(7-5-13)22-18(25)11-28-20(27)12-3-8-15-16(10-12)23-17-2-1-9-24(17)19(15)26/h3-8,10H,1-2,9,11H2,(H,22,25). The van der Waals surface area contributed by atoms with Crippen LogP contribution in [0.2, 0.25) is 0 Å². The summed E-state index contributed by atoms with van der Waals surface area (Å²) < 4.78 is 19.5. The van der Waals surface area contributed by atoms with Crippen molar-refractivity contribution >= 4 is 28.5 Å². The van der Waals surface area contributed by atoms with Crippen LogP contribution >= 0.6 is 0 Å². The van der Waals surface area contributed by atoms with Gasteiger partial charge in [-0.3, -0.25) is 14.2 Å². The minimum Gasteiger partial charge on any atom is -0.452 e. The molecule has 3 aromatic rings.